The fourth-order valence-electron chi connectivity index (χ4n) is 2.45. The normalized spacial score (nSPS) is 24.2. The van der Waals surface area contributed by atoms with E-state index in [-0.39, 0.29) is 24.0 Å². The van der Waals surface area contributed by atoms with Gasteiger partial charge in [0.1, 0.15) is 5.82 Å². The summed E-state index contributed by atoms with van der Waals surface area (Å²) < 4.78 is 19.3. The first-order valence-corrected chi connectivity index (χ1v) is 6.86. The quantitative estimate of drug-likeness (QED) is 0.912. The van der Waals surface area contributed by atoms with E-state index in [1.165, 1.54) is 0 Å². The smallest absolute Gasteiger partial charge is 0.126 e. The largest absolute Gasteiger partial charge is 0.374 e. The van der Waals surface area contributed by atoms with Crippen LogP contribution in [0.2, 0.25) is 0 Å². The lowest BCUT2D eigenvalue weighted by Crippen LogP contribution is -2.50. The van der Waals surface area contributed by atoms with E-state index < -0.39 is 0 Å². The lowest BCUT2D eigenvalue weighted by Gasteiger charge is -2.38. The van der Waals surface area contributed by atoms with E-state index in [4.69, 9.17) is 10.5 Å². The van der Waals surface area contributed by atoms with Gasteiger partial charge in [0.2, 0.25) is 0 Å². The van der Waals surface area contributed by atoms with E-state index in [1.54, 1.807) is 13.0 Å². The molecule has 0 radical (unpaired) electrons. The van der Waals surface area contributed by atoms with Crippen LogP contribution in [-0.2, 0) is 4.74 Å². The molecule has 1 heterocycles. The second kappa shape index (κ2) is 5.99. The molecule has 0 spiro atoms. The van der Waals surface area contributed by atoms with Crippen molar-refractivity contribution >= 4 is 0 Å². The van der Waals surface area contributed by atoms with Gasteiger partial charge in [0.15, 0.2) is 0 Å². The van der Waals surface area contributed by atoms with E-state index in [1.807, 2.05) is 19.1 Å². The van der Waals surface area contributed by atoms with Crippen LogP contribution in [0.25, 0.3) is 0 Å². The molecule has 1 aliphatic rings. The summed E-state index contributed by atoms with van der Waals surface area (Å²) >= 11 is 0. The summed E-state index contributed by atoms with van der Waals surface area (Å²) in [5.41, 5.74) is 7.59. The van der Waals surface area contributed by atoms with Gasteiger partial charge in [0, 0.05) is 25.2 Å². The van der Waals surface area contributed by atoms with Crippen LogP contribution in [0.15, 0.2) is 18.2 Å². The number of halogens is 1. The van der Waals surface area contributed by atoms with E-state index >= 15 is 0 Å². The van der Waals surface area contributed by atoms with Crippen molar-refractivity contribution in [2.24, 2.45) is 5.73 Å². The minimum atomic E-state index is -0.138. The molecule has 3 unspecified atom stereocenters. The first-order valence-electron chi connectivity index (χ1n) is 6.86. The number of ether oxygens (including phenoxy) is 1. The van der Waals surface area contributed by atoms with Crippen LogP contribution in [0.1, 0.15) is 31.0 Å². The van der Waals surface area contributed by atoms with Crippen LogP contribution in [0.4, 0.5) is 4.39 Å². The second-order valence-corrected chi connectivity index (χ2v) is 5.45. The maximum Gasteiger partial charge on any atom is 0.126 e. The highest BCUT2D eigenvalue weighted by Gasteiger charge is 2.27. The van der Waals surface area contributed by atoms with E-state index in [0.717, 1.165) is 18.7 Å². The number of aryl methyl sites for hydroxylation is 1. The Bertz CT molecular complexity index is 436. The van der Waals surface area contributed by atoms with Gasteiger partial charge in [-0.05, 0) is 38.0 Å². The average Bonchev–Trinajstić information content (AvgIpc) is 2.41. The highest BCUT2D eigenvalue weighted by Crippen LogP contribution is 2.24. The lowest BCUT2D eigenvalue weighted by molar-refractivity contribution is -0.0498. The van der Waals surface area contributed by atoms with Gasteiger partial charge in [0.25, 0.3) is 0 Å². The molecule has 19 heavy (non-hydrogen) atoms. The van der Waals surface area contributed by atoms with Crippen molar-refractivity contribution in [2.75, 3.05) is 19.7 Å². The van der Waals surface area contributed by atoms with Gasteiger partial charge in [0.05, 0.1) is 12.7 Å². The number of nitrogens with zero attached hydrogens (tertiary/aromatic N) is 1. The van der Waals surface area contributed by atoms with Crippen molar-refractivity contribution < 1.29 is 9.13 Å². The number of hydrogen-bond acceptors (Lipinski definition) is 3. The van der Waals surface area contributed by atoms with Crippen molar-refractivity contribution in [3.8, 4) is 0 Å². The molecule has 1 aromatic rings. The summed E-state index contributed by atoms with van der Waals surface area (Å²) in [7, 11) is 0. The molecule has 0 aromatic heterocycles. The highest BCUT2D eigenvalue weighted by molar-refractivity contribution is 5.25. The van der Waals surface area contributed by atoms with Gasteiger partial charge in [-0.2, -0.15) is 0 Å². The SMILES string of the molecule is Cc1ccc(C(C)N2CCOC(C(C)N)C2)cc1F. The Hall–Kier alpha value is -0.970. The minimum absolute atomic E-state index is 0.0183. The number of hydrogen-bond donors (Lipinski definition) is 1. The number of rotatable bonds is 3. The molecule has 1 saturated heterocycles. The van der Waals surface area contributed by atoms with Crippen molar-refractivity contribution in [2.45, 2.75) is 39.0 Å². The molecule has 0 bridgehead atoms. The summed E-state index contributed by atoms with van der Waals surface area (Å²) in [4.78, 5) is 2.31. The molecular weight excluding hydrogens is 243 g/mol. The fourth-order valence-corrected chi connectivity index (χ4v) is 2.45. The maximum atomic E-state index is 13.6. The zero-order valence-corrected chi connectivity index (χ0v) is 11.9. The zero-order chi connectivity index (χ0) is 14.0. The molecule has 1 aliphatic heterocycles. The lowest BCUT2D eigenvalue weighted by atomic mass is 10.0. The summed E-state index contributed by atoms with van der Waals surface area (Å²) in [5, 5.41) is 0. The molecule has 0 aliphatic carbocycles. The Labute approximate surface area is 114 Å². The summed E-state index contributed by atoms with van der Waals surface area (Å²) in [6.45, 7) is 8.20. The standard InChI is InChI=1S/C15H23FN2O/c1-10-4-5-13(8-14(10)16)12(3)18-6-7-19-15(9-18)11(2)17/h4-5,8,11-12,15H,6-7,9,17H2,1-3H3. The molecule has 2 N–H and O–H groups in total. The van der Waals surface area contributed by atoms with Crippen LogP contribution >= 0.6 is 0 Å². The Morgan fingerprint density at radius 2 is 2.16 bits per heavy atom. The van der Waals surface area contributed by atoms with Crippen molar-refractivity contribution in [3.05, 3.63) is 35.1 Å². The van der Waals surface area contributed by atoms with Crippen molar-refractivity contribution in [1.82, 2.24) is 4.90 Å². The van der Waals surface area contributed by atoms with Gasteiger partial charge in [-0.15, -0.1) is 0 Å². The van der Waals surface area contributed by atoms with Gasteiger partial charge >= 0.3 is 0 Å². The van der Waals surface area contributed by atoms with Crippen LogP contribution < -0.4 is 5.73 Å². The zero-order valence-electron chi connectivity index (χ0n) is 11.9. The number of nitrogens with two attached hydrogens (primary N) is 1. The maximum absolute atomic E-state index is 13.6. The van der Waals surface area contributed by atoms with Crippen molar-refractivity contribution in [3.63, 3.8) is 0 Å². The van der Waals surface area contributed by atoms with Crippen LogP contribution in [0.3, 0.4) is 0 Å². The third kappa shape index (κ3) is 3.32. The van der Waals surface area contributed by atoms with Gasteiger partial charge in [-0.25, -0.2) is 4.39 Å². The molecule has 3 nitrogen and oxygen atoms in total. The van der Waals surface area contributed by atoms with Crippen molar-refractivity contribution in [1.29, 1.82) is 0 Å². The van der Waals surface area contributed by atoms with Crippen LogP contribution in [0.5, 0.6) is 0 Å². The third-order valence-electron chi connectivity index (χ3n) is 3.94. The molecule has 4 heteroatoms. The molecule has 106 valence electrons. The molecule has 0 amide bonds. The predicted octanol–water partition coefficient (Wildman–Crippen LogP) is 2.24. The highest BCUT2D eigenvalue weighted by atomic mass is 19.1. The first-order chi connectivity index (χ1) is 8.99. The molecular formula is C15H23FN2O. The monoisotopic (exact) mass is 266 g/mol. The topological polar surface area (TPSA) is 38.5 Å². The molecule has 3 atom stereocenters. The Morgan fingerprint density at radius 3 is 2.79 bits per heavy atom. The molecule has 2 rings (SSSR count). The Morgan fingerprint density at radius 1 is 1.42 bits per heavy atom. The van der Waals surface area contributed by atoms with E-state index in [0.29, 0.717) is 12.2 Å². The average molecular weight is 266 g/mol. The van der Waals surface area contributed by atoms with Gasteiger partial charge in [-0.1, -0.05) is 12.1 Å². The third-order valence-corrected chi connectivity index (χ3v) is 3.94. The number of morpholine rings is 1. The van der Waals surface area contributed by atoms with Crippen LogP contribution in [-0.4, -0.2) is 36.7 Å². The van der Waals surface area contributed by atoms with E-state index in [2.05, 4.69) is 11.8 Å². The van der Waals surface area contributed by atoms with Gasteiger partial charge < -0.3 is 10.5 Å². The minimum Gasteiger partial charge on any atom is -0.374 e. The Kier molecular flexibility index (Phi) is 4.55. The second-order valence-electron chi connectivity index (χ2n) is 5.45. The molecule has 0 saturated carbocycles. The predicted molar refractivity (Wildman–Crippen MR) is 74.5 cm³/mol. The van der Waals surface area contributed by atoms with Crippen LogP contribution in [0, 0.1) is 12.7 Å². The van der Waals surface area contributed by atoms with E-state index in [9.17, 15) is 4.39 Å². The molecule has 1 aromatic carbocycles. The summed E-state index contributed by atoms with van der Waals surface area (Å²) in [5.74, 6) is -0.138. The first kappa shape index (κ1) is 14.4. The van der Waals surface area contributed by atoms with Gasteiger partial charge in [-0.3, -0.25) is 4.90 Å². The Balaban J connectivity index is 2.10. The number of benzene rings is 1. The summed E-state index contributed by atoms with van der Waals surface area (Å²) in [6.07, 6.45) is 0.0616. The molecule has 1 fully saturated rings. The fraction of sp³-hybridized carbons (Fsp3) is 0.600. The summed E-state index contributed by atoms with van der Waals surface area (Å²) in [6, 6.07) is 5.67.